The first-order valence-corrected chi connectivity index (χ1v) is 8.69. The largest absolute Gasteiger partial charge is 0.454 e. The lowest BCUT2D eigenvalue weighted by Gasteiger charge is -2.03. The summed E-state index contributed by atoms with van der Waals surface area (Å²) in [6.45, 7) is 1.03. The van der Waals surface area contributed by atoms with E-state index in [1.165, 1.54) is 0 Å². The van der Waals surface area contributed by atoms with Crippen LogP contribution >= 0.6 is 11.6 Å². The predicted molar refractivity (Wildman–Crippen MR) is 101 cm³/mol. The molecule has 136 valence electrons. The van der Waals surface area contributed by atoms with Gasteiger partial charge in [0.15, 0.2) is 11.6 Å². The van der Waals surface area contributed by atoms with Crippen molar-refractivity contribution in [1.29, 1.82) is 0 Å². The Balaban J connectivity index is 1.38. The zero-order chi connectivity index (χ0) is 18.6. The van der Waals surface area contributed by atoms with E-state index in [1.54, 1.807) is 40.0 Å². The maximum absolute atomic E-state index is 12.3. The van der Waals surface area contributed by atoms with Crippen molar-refractivity contribution in [3.63, 3.8) is 0 Å². The second-order valence-corrected chi connectivity index (χ2v) is 6.39. The van der Waals surface area contributed by atoms with Crippen molar-refractivity contribution in [2.24, 2.45) is 0 Å². The summed E-state index contributed by atoms with van der Waals surface area (Å²) in [5.74, 6) is 0.971. The molecule has 0 aliphatic rings. The van der Waals surface area contributed by atoms with Crippen molar-refractivity contribution >= 4 is 23.3 Å². The first kappa shape index (κ1) is 17.1. The second kappa shape index (κ2) is 7.51. The Morgan fingerprint density at radius 1 is 1.07 bits per heavy atom. The second-order valence-electron chi connectivity index (χ2n) is 5.95. The topological polar surface area (TPSA) is 77.9 Å². The molecule has 8 heteroatoms. The highest BCUT2D eigenvalue weighted by atomic mass is 35.5. The van der Waals surface area contributed by atoms with Gasteiger partial charge < -0.3 is 9.73 Å². The molecule has 0 aliphatic heterocycles. The van der Waals surface area contributed by atoms with Gasteiger partial charge in [0.2, 0.25) is 0 Å². The van der Waals surface area contributed by atoms with Gasteiger partial charge in [0, 0.05) is 29.7 Å². The molecule has 1 N–H and O–H groups in total. The van der Waals surface area contributed by atoms with Gasteiger partial charge in [0.25, 0.3) is 5.91 Å². The SMILES string of the molecule is O=C(Nc1ccn(Cc2cccc(Cl)c2)n1)c1ccc(Cn2cccn2)o1. The van der Waals surface area contributed by atoms with Crippen molar-refractivity contribution in [3.05, 3.63) is 89.2 Å². The number of halogens is 1. The third-order valence-electron chi connectivity index (χ3n) is 3.88. The van der Waals surface area contributed by atoms with Crippen LogP contribution in [0.1, 0.15) is 21.9 Å². The van der Waals surface area contributed by atoms with Crippen LogP contribution in [0.15, 0.2) is 71.5 Å². The molecule has 0 unspecified atom stereocenters. The normalized spacial score (nSPS) is 10.9. The van der Waals surface area contributed by atoms with Crippen LogP contribution in [0.4, 0.5) is 5.82 Å². The molecule has 0 spiro atoms. The van der Waals surface area contributed by atoms with E-state index in [0.29, 0.717) is 29.7 Å². The number of anilines is 1. The highest BCUT2D eigenvalue weighted by Crippen LogP contribution is 2.14. The number of carbonyl (C=O) groups is 1. The molecular weight excluding hydrogens is 366 g/mol. The van der Waals surface area contributed by atoms with Crippen LogP contribution in [0.25, 0.3) is 0 Å². The molecular formula is C19H16ClN5O2. The molecule has 0 saturated heterocycles. The number of rotatable bonds is 6. The molecule has 1 amide bonds. The lowest BCUT2D eigenvalue weighted by Crippen LogP contribution is -2.12. The Hall–Kier alpha value is -3.32. The van der Waals surface area contributed by atoms with Crippen LogP contribution in [0.5, 0.6) is 0 Å². The van der Waals surface area contributed by atoms with E-state index < -0.39 is 0 Å². The fourth-order valence-electron chi connectivity index (χ4n) is 2.66. The molecule has 0 atom stereocenters. The van der Waals surface area contributed by atoms with Crippen LogP contribution < -0.4 is 5.32 Å². The van der Waals surface area contributed by atoms with Gasteiger partial charge in [-0.15, -0.1) is 0 Å². The molecule has 3 aromatic heterocycles. The number of amides is 1. The minimum atomic E-state index is -0.352. The molecule has 0 bridgehead atoms. The lowest BCUT2D eigenvalue weighted by molar-refractivity contribution is 0.0994. The Morgan fingerprint density at radius 2 is 2.00 bits per heavy atom. The summed E-state index contributed by atoms with van der Waals surface area (Å²) in [5.41, 5.74) is 1.03. The average molecular weight is 382 g/mol. The number of benzene rings is 1. The highest BCUT2D eigenvalue weighted by molar-refractivity contribution is 6.30. The van der Waals surface area contributed by atoms with Gasteiger partial charge in [-0.2, -0.15) is 10.2 Å². The zero-order valence-corrected chi connectivity index (χ0v) is 15.0. The first-order valence-electron chi connectivity index (χ1n) is 8.31. The first-order chi connectivity index (χ1) is 13.2. The summed E-state index contributed by atoms with van der Waals surface area (Å²) in [6, 6.07) is 14.5. The zero-order valence-electron chi connectivity index (χ0n) is 14.2. The van der Waals surface area contributed by atoms with Gasteiger partial charge in [-0.3, -0.25) is 14.2 Å². The number of hydrogen-bond acceptors (Lipinski definition) is 4. The maximum atomic E-state index is 12.3. The smallest absolute Gasteiger partial charge is 0.292 e. The van der Waals surface area contributed by atoms with E-state index >= 15 is 0 Å². The van der Waals surface area contributed by atoms with Crippen molar-refractivity contribution in [2.45, 2.75) is 13.1 Å². The predicted octanol–water partition coefficient (Wildman–Crippen LogP) is 3.67. The van der Waals surface area contributed by atoms with Gasteiger partial charge in [-0.1, -0.05) is 23.7 Å². The van der Waals surface area contributed by atoms with Gasteiger partial charge >= 0.3 is 0 Å². The molecule has 27 heavy (non-hydrogen) atoms. The number of nitrogens with zero attached hydrogens (tertiary/aromatic N) is 4. The van der Waals surface area contributed by atoms with Crippen LogP contribution in [0.3, 0.4) is 0 Å². The Morgan fingerprint density at radius 3 is 2.81 bits per heavy atom. The van der Waals surface area contributed by atoms with Gasteiger partial charge in [-0.05, 0) is 35.9 Å². The summed E-state index contributed by atoms with van der Waals surface area (Å²) in [7, 11) is 0. The minimum Gasteiger partial charge on any atom is -0.454 e. The van der Waals surface area contributed by atoms with E-state index in [9.17, 15) is 4.79 Å². The average Bonchev–Trinajstić information content (AvgIpc) is 3.38. The Labute approximate surface area is 160 Å². The molecule has 0 fully saturated rings. The molecule has 7 nitrogen and oxygen atoms in total. The highest BCUT2D eigenvalue weighted by Gasteiger charge is 2.13. The fraction of sp³-hybridized carbons (Fsp3) is 0.105. The Kier molecular flexibility index (Phi) is 4.76. The molecule has 0 aliphatic carbocycles. The van der Waals surface area contributed by atoms with Crippen molar-refractivity contribution in [2.75, 3.05) is 5.32 Å². The monoisotopic (exact) mass is 381 g/mol. The number of nitrogens with one attached hydrogen (secondary N) is 1. The molecule has 0 radical (unpaired) electrons. The third kappa shape index (κ3) is 4.27. The van der Waals surface area contributed by atoms with E-state index in [0.717, 1.165) is 5.56 Å². The Bertz CT molecular complexity index is 1050. The number of furan rings is 1. The summed E-state index contributed by atoms with van der Waals surface area (Å²) < 4.78 is 9.03. The van der Waals surface area contributed by atoms with Crippen molar-refractivity contribution < 1.29 is 9.21 Å². The number of aromatic nitrogens is 4. The van der Waals surface area contributed by atoms with E-state index in [1.807, 2.05) is 36.5 Å². The van der Waals surface area contributed by atoms with Crippen molar-refractivity contribution in [3.8, 4) is 0 Å². The third-order valence-corrected chi connectivity index (χ3v) is 4.11. The summed E-state index contributed by atoms with van der Waals surface area (Å²) >= 11 is 6.00. The van der Waals surface area contributed by atoms with Gasteiger partial charge in [0.1, 0.15) is 5.76 Å². The molecule has 0 saturated carbocycles. The summed E-state index contributed by atoms with van der Waals surface area (Å²) in [6.07, 6.45) is 5.31. The standard InChI is InChI=1S/C19H16ClN5O2/c20-15-4-1-3-14(11-15)12-25-10-7-18(23-25)22-19(26)17-6-5-16(27-17)13-24-9-2-8-21-24/h1-11H,12-13H2,(H,22,23,26). The van der Waals surface area contributed by atoms with Crippen molar-refractivity contribution in [1.82, 2.24) is 19.6 Å². The number of carbonyl (C=O) groups excluding carboxylic acids is 1. The summed E-state index contributed by atoms with van der Waals surface area (Å²) in [5, 5.41) is 11.9. The minimum absolute atomic E-state index is 0.224. The summed E-state index contributed by atoms with van der Waals surface area (Å²) in [4.78, 5) is 12.3. The maximum Gasteiger partial charge on any atom is 0.292 e. The molecule has 1 aromatic carbocycles. The lowest BCUT2D eigenvalue weighted by atomic mass is 10.2. The van der Waals surface area contributed by atoms with Crippen LogP contribution in [-0.2, 0) is 13.1 Å². The van der Waals surface area contributed by atoms with Gasteiger partial charge in [0.05, 0.1) is 13.1 Å². The van der Waals surface area contributed by atoms with Crippen LogP contribution in [-0.4, -0.2) is 25.5 Å². The van der Waals surface area contributed by atoms with Crippen LogP contribution in [0, 0.1) is 0 Å². The van der Waals surface area contributed by atoms with Gasteiger partial charge in [-0.25, -0.2) is 0 Å². The molecule has 4 aromatic rings. The molecule has 4 rings (SSSR count). The van der Waals surface area contributed by atoms with E-state index in [4.69, 9.17) is 16.0 Å². The molecule has 3 heterocycles. The quantitative estimate of drug-likeness (QED) is 0.552. The van der Waals surface area contributed by atoms with E-state index in [-0.39, 0.29) is 11.7 Å². The van der Waals surface area contributed by atoms with E-state index in [2.05, 4.69) is 15.5 Å². The van der Waals surface area contributed by atoms with Crippen LogP contribution in [0.2, 0.25) is 5.02 Å². The number of hydrogen-bond donors (Lipinski definition) is 1. The fourth-order valence-corrected chi connectivity index (χ4v) is 2.87.